The third-order valence-electron chi connectivity index (χ3n) is 6.78. The number of hydrogen-bond acceptors (Lipinski definition) is 4. The first-order chi connectivity index (χ1) is 12.4. The van der Waals surface area contributed by atoms with E-state index in [2.05, 4.69) is 11.9 Å². The maximum Gasteiger partial charge on any atom is 0.276 e. The molecule has 0 radical (unpaired) electrons. The van der Waals surface area contributed by atoms with E-state index < -0.39 is 5.91 Å². The van der Waals surface area contributed by atoms with E-state index in [4.69, 9.17) is 5.21 Å². The summed E-state index contributed by atoms with van der Waals surface area (Å²) in [6, 6.07) is 1.75. The molecule has 1 aliphatic heterocycles. The van der Waals surface area contributed by atoms with Gasteiger partial charge in [-0.15, -0.1) is 0 Å². The quantitative estimate of drug-likeness (QED) is 0.630. The Morgan fingerprint density at radius 2 is 1.96 bits per heavy atom. The molecule has 4 rings (SSSR count). The van der Waals surface area contributed by atoms with Crippen molar-refractivity contribution in [3.8, 4) is 0 Å². The Labute approximate surface area is 153 Å². The number of carbonyl (C=O) groups excluding carboxylic acids is 2. The fourth-order valence-corrected chi connectivity index (χ4v) is 5.54. The summed E-state index contributed by atoms with van der Waals surface area (Å²) in [7, 11) is 0. The maximum absolute atomic E-state index is 13.5. The molecule has 2 heterocycles. The standard InChI is InChI=1S/C20H27N3O3/c1-19-5-2-7-20(13-19,8-3-6-19)18(25)23-9-4-16-15(12-23)10-14(11-21-16)17(24)22-26/h10-11,26H,2-9,12-13H2,1H3,(H,22,24). The lowest BCUT2D eigenvalue weighted by molar-refractivity contribution is -0.151. The summed E-state index contributed by atoms with van der Waals surface area (Å²) < 4.78 is 0. The van der Waals surface area contributed by atoms with Crippen molar-refractivity contribution in [1.29, 1.82) is 0 Å². The van der Waals surface area contributed by atoms with E-state index in [1.165, 1.54) is 19.0 Å². The van der Waals surface area contributed by atoms with Gasteiger partial charge in [0.1, 0.15) is 0 Å². The van der Waals surface area contributed by atoms with Crippen LogP contribution in [0.4, 0.5) is 0 Å². The summed E-state index contributed by atoms with van der Waals surface area (Å²) in [5.74, 6) is -0.275. The number of fused-ring (bicyclic) bond motifs is 3. The summed E-state index contributed by atoms with van der Waals surface area (Å²) in [5.41, 5.74) is 3.97. The van der Waals surface area contributed by atoms with Gasteiger partial charge in [-0.3, -0.25) is 19.8 Å². The van der Waals surface area contributed by atoms with Gasteiger partial charge < -0.3 is 4.90 Å². The van der Waals surface area contributed by atoms with Gasteiger partial charge in [0.05, 0.1) is 5.56 Å². The molecular formula is C20H27N3O3. The molecule has 6 heteroatoms. The molecule has 0 unspecified atom stereocenters. The zero-order chi connectivity index (χ0) is 18.4. The van der Waals surface area contributed by atoms with Crippen molar-refractivity contribution >= 4 is 11.8 Å². The van der Waals surface area contributed by atoms with Crippen molar-refractivity contribution in [2.75, 3.05) is 6.54 Å². The fraction of sp³-hybridized carbons (Fsp3) is 0.650. The van der Waals surface area contributed by atoms with Crippen LogP contribution in [0.5, 0.6) is 0 Å². The number of aromatic nitrogens is 1. The van der Waals surface area contributed by atoms with Gasteiger partial charge in [-0.1, -0.05) is 19.8 Å². The van der Waals surface area contributed by atoms with Crippen LogP contribution < -0.4 is 5.48 Å². The van der Waals surface area contributed by atoms with Gasteiger partial charge in [-0.2, -0.15) is 0 Å². The summed E-state index contributed by atoms with van der Waals surface area (Å²) in [6.45, 7) is 3.55. The molecule has 2 N–H and O–H groups in total. The molecule has 140 valence electrons. The Morgan fingerprint density at radius 1 is 1.23 bits per heavy atom. The predicted octanol–water partition coefficient (Wildman–Crippen LogP) is 2.84. The van der Waals surface area contributed by atoms with Gasteiger partial charge in [-0.05, 0) is 49.1 Å². The summed E-state index contributed by atoms with van der Waals surface area (Å²) in [4.78, 5) is 31.5. The van der Waals surface area contributed by atoms with E-state index in [0.29, 0.717) is 30.0 Å². The van der Waals surface area contributed by atoms with Crippen molar-refractivity contribution in [3.63, 3.8) is 0 Å². The topological polar surface area (TPSA) is 82.5 Å². The average molecular weight is 357 g/mol. The van der Waals surface area contributed by atoms with Crippen molar-refractivity contribution in [2.24, 2.45) is 10.8 Å². The third-order valence-corrected chi connectivity index (χ3v) is 6.78. The van der Waals surface area contributed by atoms with E-state index in [-0.39, 0.29) is 5.41 Å². The number of amides is 2. The van der Waals surface area contributed by atoms with Crippen molar-refractivity contribution < 1.29 is 14.8 Å². The number of nitrogens with one attached hydrogen (secondary N) is 1. The molecule has 0 saturated heterocycles. The Kier molecular flexibility index (Phi) is 4.26. The number of hydroxylamine groups is 1. The Bertz CT molecular complexity index is 736. The Morgan fingerprint density at radius 3 is 2.65 bits per heavy atom. The van der Waals surface area contributed by atoms with Crippen LogP contribution in [0, 0.1) is 10.8 Å². The molecule has 1 aromatic rings. The second-order valence-corrected chi connectivity index (χ2v) is 8.72. The van der Waals surface area contributed by atoms with Gasteiger partial charge >= 0.3 is 0 Å². The first-order valence-corrected chi connectivity index (χ1v) is 9.66. The van der Waals surface area contributed by atoms with E-state index in [9.17, 15) is 9.59 Å². The van der Waals surface area contributed by atoms with Gasteiger partial charge in [0.25, 0.3) is 5.91 Å². The van der Waals surface area contributed by atoms with Crippen LogP contribution in [0.3, 0.4) is 0 Å². The number of pyridine rings is 1. The molecule has 6 nitrogen and oxygen atoms in total. The lowest BCUT2D eigenvalue weighted by Gasteiger charge is -2.51. The molecular weight excluding hydrogens is 330 g/mol. The van der Waals surface area contributed by atoms with Crippen LogP contribution in [0.1, 0.15) is 73.5 Å². The Hall–Kier alpha value is -1.95. The van der Waals surface area contributed by atoms with Gasteiger partial charge in [0, 0.05) is 36.8 Å². The molecule has 2 bridgehead atoms. The second-order valence-electron chi connectivity index (χ2n) is 8.72. The average Bonchev–Trinajstić information content (AvgIpc) is 2.65. The summed E-state index contributed by atoms with van der Waals surface area (Å²) >= 11 is 0. The van der Waals surface area contributed by atoms with E-state index in [0.717, 1.165) is 49.8 Å². The summed E-state index contributed by atoms with van der Waals surface area (Å²) in [6.07, 6.45) is 10.0. The van der Waals surface area contributed by atoms with Crippen molar-refractivity contribution in [3.05, 3.63) is 29.1 Å². The molecule has 3 aliphatic rings. The smallest absolute Gasteiger partial charge is 0.276 e. The van der Waals surface area contributed by atoms with Gasteiger partial charge in [0.2, 0.25) is 5.91 Å². The van der Waals surface area contributed by atoms with Crippen molar-refractivity contribution in [2.45, 2.75) is 64.8 Å². The highest BCUT2D eigenvalue weighted by Crippen LogP contribution is 2.56. The zero-order valence-corrected chi connectivity index (χ0v) is 15.4. The van der Waals surface area contributed by atoms with Crippen LogP contribution in [0.25, 0.3) is 0 Å². The van der Waals surface area contributed by atoms with E-state index in [1.807, 2.05) is 4.90 Å². The van der Waals surface area contributed by atoms with Crippen LogP contribution >= 0.6 is 0 Å². The molecule has 2 aliphatic carbocycles. The number of hydrogen-bond donors (Lipinski definition) is 2. The lowest BCUT2D eigenvalue weighted by Crippen LogP contribution is -2.51. The third kappa shape index (κ3) is 2.90. The molecule has 0 atom stereocenters. The second kappa shape index (κ2) is 6.34. The normalized spacial score (nSPS) is 30.5. The predicted molar refractivity (Wildman–Crippen MR) is 95.5 cm³/mol. The molecule has 0 aromatic carbocycles. The minimum atomic E-state index is -0.572. The largest absolute Gasteiger partial charge is 0.337 e. The maximum atomic E-state index is 13.5. The van der Waals surface area contributed by atoms with Gasteiger partial charge in [-0.25, -0.2) is 5.48 Å². The molecule has 26 heavy (non-hydrogen) atoms. The van der Waals surface area contributed by atoms with Crippen molar-refractivity contribution in [1.82, 2.24) is 15.4 Å². The highest BCUT2D eigenvalue weighted by molar-refractivity contribution is 5.93. The number of rotatable bonds is 2. The first-order valence-electron chi connectivity index (χ1n) is 9.66. The van der Waals surface area contributed by atoms with Gasteiger partial charge in [0.15, 0.2) is 0 Å². The molecule has 1 aromatic heterocycles. The number of nitrogens with zero attached hydrogens (tertiary/aromatic N) is 2. The SMILES string of the molecule is CC12CCCC(C(=O)N3CCc4ncc(C(=O)NO)cc4C3)(CCC1)C2. The summed E-state index contributed by atoms with van der Waals surface area (Å²) in [5, 5.41) is 8.83. The first kappa shape index (κ1) is 17.5. The van der Waals surface area contributed by atoms with E-state index >= 15 is 0 Å². The zero-order valence-electron chi connectivity index (χ0n) is 15.4. The minimum Gasteiger partial charge on any atom is -0.337 e. The fourth-order valence-electron chi connectivity index (χ4n) is 5.54. The van der Waals surface area contributed by atoms with Crippen LogP contribution in [0.15, 0.2) is 12.3 Å². The lowest BCUT2D eigenvalue weighted by atomic mass is 9.55. The monoisotopic (exact) mass is 357 g/mol. The molecule has 0 spiro atoms. The highest BCUT2D eigenvalue weighted by Gasteiger charge is 2.51. The van der Waals surface area contributed by atoms with Crippen LogP contribution in [0.2, 0.25) is 0 Å². The molecule has 2 fully saturated rings. The van der Waals surface area contributed by atoms with E-state index in [1.54, 1.807) is 11.5 Å². The Balaban J connectivity index is 1.56. The molecule has 2 amide bonds. The number of carbonyl (C=O) groups is 2. The minimum absolute atomic E-state index is 0.184. The molecule has 2 saturated carbocycles. The van der Waals surface area contributed by atoms with Crippen LogP contribution in [-0.2, 0) is 17.8 Å². The highest BCUT2D eigenvalue weighted by atomic mass is 16.5. The van der Waals surface area contributed by atoms with Crippen LogP contribution in [-0.4, -0.2) is 33.5 Å².